The van der Waals surface area contributed by atoms with Crippen LogP contribution in [0.2, 0.25) is 42.0 Å². The van der Waals surface area contributed by atoms with Crippen LogP contribution in [-0.2, 0) is 103 Å². The molecule has 0 aromatic carbocycles. The number of methoxy groups -OCH3 is 4. The van der Waals surface area contributed by atoms with Gasteiger partial charge in [0, 0.05) is 112 Å². The number of nitrogens with one attached hydrogen (secondary N) is 1. The number of carbonyl (C=O) groups excluding carboxylic acids is 5. The summed E-state index contributed by atoms with van der Waals surface area (Å²) in [6, 6.07) is 5.36. The summed E-state index contributed by atoms with van der Waals surface area (Å²) in [6.45, 7) is 18.5. The standard InChI is InChI=1S/C19H26ClN3O4.C18H24ClN3O3.C15H17ClN4O3.C15H16ClN3O3.C10H10Cl2N2O.C7H12O2.C4HCl2IN2.ClH.H3NO.Zn/c1-4-26-16(27-5-2)14-11-13-12-21-18(20)22-15(13)23(14)19(17(24)25-3)9-7-6-8-10-19;1-4-25-13(2)8-9-14-12-20-17(19)21-15(14)22-18(16(23)24-3)10-6-5-7-11-18;1-23-13(21)15(5-3-2-4-6-15)20-11(9-18-22)7-10-8-17-14(16)19-12(10)20;1-22-13(21)15(5-3-2-4-6-15)19-11(9-20)7-10-8-17-14(16)18-12(10)19;1-3-15-7(2)4-5-8-6-13-10(12)14-9(8)11;1-4-7(8-5-2)9-6-3;5-3-2(7)1-8-4(6)9-3;;1-2;/h11-12,16H,4-10H2,1-3H3;12-13H,4-7,10-11H2,1-3H3,(H,20,21,22);7-9,22H,2-6H2,1H3;7-9H,2-6H2,1H3;6-7H,3H2,1-2H3;1,7H,5-6H2,2-3H3;1H;1H;2H,1H2;/b;;18-9+;;;;;;;. The molecule has 0 saturated heterocycles. The number of rotatable bonds is 24. The van der Waals surface area contributed by atoms with E-state index in [2.05, 4.69) is 106 Å². The number of hydrogen-bond donors (Lipinski definition) is 4. The first-order valence-electron chi connectivity index (χ1n) is 42.4. The molecule has 4 aliphatic carbocycles. The van der Waals surface area contributed by atoms with Crippen LogP contribution in [0.4, 0.5) is 5.82 Å². The second kappa shape index (κ2) is 60.9. The van der Waals surface area contributed by atoms with Crippen LogP contribution >= 0.6 is 128 Å². The molecule has 9 aromatic rings. The molecule has 134 heavy (non-hydrogen) atoms. The van der Waals surface area contributed by atoms with E-state index in [-0.39, 0.29) is 105 Å². The van der Waals surface area contributed by atoms with Crippen LogP contribution in [0.25, 0.3) is 33.1 Å². The predicted octanol–water partition coefficient (Wildman–Crippen LogP) is 18.4. The van der Waals surface area contributed by atoms with E-state index >= 15 is 0 Å². The number of oxime groups is 1. The van der Waals surface area contributed by atoms with E-state index in [4.69, 9.17) is 157 Å². The summed E-state index contributed by atoms with van der Waals surface area (Å²) in [5.41, 5.74) is 1.01. The molecule has 0 amide bonds. The Balaban J connectivity index is 0.000000334. The fourth-order valence-corrected chi connectivity index (χ4v) is 16.9. The van der Waals surface area contributed by atoms with E-state index in [9.17, 15) is 24.0 Å². The number of hydrogen-bond acceptors (Lipinski definition) is 32. The van der Waals surface area contributed by atoms with Gasteiger partial charge >= 0.3 is 23.9 Å². The maximum Gasteiger partial charge on any atom is 0.332 e. The first-order chi connectivity index (χ1) is 63.5. The van der Waals surface area contributed by atoms with Crippen molar-refractivity contribution in [2.24, 2.45) is 11.1 Å². The number of anilines is 1. The first kappa shape index (κ1) is 119. The summed E-state index contributed by atoms with van der Waals surface area (Å²) >= 11 is 48.2. The van der Waals surface area contributed by atoms with Gasteiger partial charge in [0.1, 0.15) is 67.4 Å². The van der Waals surface area contributed by atoms with Gasteiger partial charge < -0.3 is 76.8 Å². The van der Waals surface area contributed by atoms with Crippen molar-refractivity contribution < 1.29 is 101 Å². The summed E-state index contributed by atoms with van der Waals surface area (Å²) in [6.07, 6.45) is 31.9. The van der Waals surface area contributed by atoms with Gasteiger partial charge in [-0.2, -0.15) is 19.9 Å². The molecule has 35 nitrogen and oxygen atoms in total. The Hall–Kier alpha value is -7.76. The second-order valence-electron chi connectivity index (χ2n) is 29.2. The zero-order valence-corrected chi connectivity index (χ0v) is 88.4. The number of aldehydes is 1. The fourth-order valence-electron chi connectivity index (χ4n) is 15.4. The van der Waals surface area contributed by atoms with Crippen molar-refractivity contribution in [1.82, 2.24) is 73.5 Å². The number of esters is 4. The smallest absolute Gasteiger partial charge is 0.332 e. The third kappa shape index (κ3) is 32.7. The molecular formula is C88H110Cl9IN18O17Zn. The number of halogens is 10. The molecule has 2 atom stereocenters. The quantitative estimate of drug-likeness (QED) is 0.00355. The predicted molar refractivity (Wildman–Crippen MR) is 518 cm³/mol. The normalized spacial score (nSPS) is 15.1. The number of carbonyl (C=O) groups is 5. The van der Waals surface area contributed by atoms with Gasteiger partial charge in [0.05, 0.1) is 66.4 Å². The minimum atomic E-state index is -0.900. The topological polar surface area (TPSA) is 438 Å². The number of fused-ring (bicyclic) bond motifs is 3. The van der Waals surface area contributed by atoms with E-state index in [0.29, 0.717) is 147 Å². The molecule has 0 bridgehead atoms. The molecule has 9 heterocycles. The van der Waals surface area contributed by atoms with Crippen molar-refractivity contribution in [3.05, 3.63) is 129 Å². The van der Waals surface area contributed by atoms with Crippen molar-refractivity contribution in [1.29, 1.82) is 0 Å². The number of nitrogens with zero attached hydrogens (tertiary/aromatic N) is 16. The van der Waals surface area contributed by atoms with Crippen LogP contribution in [0.5, 0.6) is 0 Å². The molecule has 4 aliphatic rings. The number of ether oxygens (including phenoxy) is 10. The van der Waals surface area contributed by atoms with E-state index < -0.39 is 34.7 Å². The Morgan fingerprint density at radius 3 is 1.21 bits per heavy atom. The van der Waals surface area contributed by atoms with Gasteiger partial charge in [-0.3, -0.25) is 4.79 Å². The molecule has 726 valence electrons. The van der Waals surface area contributed by atoms with Crippen molar-refractivity contribution in [2.45, 2.75) is 231 Å². The van der Waals surface area contributed by atoms with E-state index in [1.807, 2.05) is 88.6 Å². The van der Waals surface area contributed by atoms with E-state index in [1.54, 1.807) is 52.3 Å². The Labute approximate surface area is 851 Å². The zero-order chi connectivity index (χ0) is 97.1. The van der Waals surface area contributed by atoms with Gasteiger partial charge in [-0.15, -0.1) is 18.8 Å². The molecule has 13 rings (SSSR count). The average Bonchev–Trinajstić information content (AvgIpc) is 1.58. The van der Waals surface area contributed by atoms with Gasteiger partial charge in [-0.25, -0.2) is 64.9 Å². The van der Waals surface area contributed by atoms with Gasteiger partial charge in [0.25, 0.3) is 0 Å². The Bertz CT molecular complexity index is 5450. The molecule has 0 spiro atoms. The van der Waals surface area contributed by atoms with Gasteiger partial charge in [0.15, 0.2) is 12.6 Å². The van der Waals surface area contributed by atoms with Crippen LogP contribution in [0, 0.1) is 39.6 Å². The molecular weight excluding hydrogens is 2090 g/mol. The Kier molecular flexibility index (Phi) is 53.8. The minimum absolute atomic E-state index is 0. The van der Waals surface area contributed by atoms with Crippen LogP contribution in [0.3, 0.4) is 0 Å². The van der Waals surface area contributed by atoms with Crippen molar-refractivity contribution in [3.8, 4) is 36.0 Å². The third-order valence-electron chi connectivity index (χ3n) is 21.0. The molecule has 0 aliphatic heterocycles. The second-order valence-corrected chi connectivity index (χ2v) is 33.2. The molecule has 4 saturated carbocycles. The van der Waals surface area contributed by atoms with Gasteiger partial charge in [-0.05, 0) is 223 Å². The number of terminal acetylenes is 1. The van der Waals surface area contributed by atoms with E-state index in [0.717, 1.165) is 103 Å². The molecule has 9 aromatic heterocycles. The maximum atomic E-state index is 13.0. The average molecular weight is 2200 g/mol. The van der Waals surface area contributed by atoms with Crippen LogP contribution < -0.4 is 11.2 Å². The van der Waals surface area contributed by atoms with Crippen LogP contribution in [0.15, 0.2) is 60.5 Å². The SMILES string of the molecule is C#CC(OCC)OCC.CCOC(C)C#Cc1cnc(Cl)nc1Cl.CCOC(C)C#Cc1cnc(Cl)nc1NC1(C(=O)OC)CCCCC1.CCOC(OCC)c1cc2cnc(Cl)nc2n1C1(C(=O)OC)CCCCC1.COC(=O)C1(n2c(/C=N/O)cc3cnc(Cl)nc32)CCCCC1.COC(=O)C1(n2c(C=O)cc3cnc(Cl)nc32)CCCCC1.Cl.Clc1ncc(I)c(Cl)n1.NO.[Zn]. The van der Waals surface area contributed by atoms with Crippen molar-refractivity contribution in [3.63, 3.8) is 0 Å². The van der Waals surface area contributed by atoms with Gasteiger partial charge in [-0.1, -0.05) is 129 Å². The van der Waals surface area contributed by atoms with Crippen LogP contribution in [0.1, 0.15) is 223 Å². The molecule has 5 N–H and O–H groups in total. The minimum Gasteiger partial charge on any atom is -0.467 e. The number of nitrogens with two attached hydrogens (primary N) is 1. The molecule has 4 fully saturated rings. The Morgan fingerprint density at radius 1 is 0.485 bits per heavy atom. The maximum absolute atomic E-state index is 13.0. The zero-order valence-electron chi connectivity index (χ0n) is 76.4. The summed E-state index contributed by atoms with van der Waals surface area (Å²) in [4.78, 5) is 110. The molecule has 2 unspecified atom stereocenters. The van der Waals surface area contributed by atoms with Crippen molar-refractivity contribution >= 4 is 203 Å². The first-order valence-corrected chi connectivity index (χ1v) is 46.5. The largest absolute Gasteiger partial charge is 0.467 e. The van der Waals surface area contributed by atoms with Crippen LogP contribution in [-0.4, -0.2) is 212 Å². The summed E-state index contributed by atoms with van der Waals surface area (Å²) < 4.78 is 58.9. The van der Waals surface area contributed by atoms with E-state index in [1.165, 1.54) is 40.9 Å². The summed E-state index contributed by atoms with van der Waals surface area (Å²) in [5, 5.41) is 25.4. The summed E-state index contributed by atoms with van der Waals surface area (Å²) in [5.74, 6) is 16.8. The fraction of sp³-hybridized carbons (Fsp3) is 0.523. The third-order valence-corrected chi connectivity index (χ3v) is 23.8. The number of aromatic nitrogens is 15. The van der Waals surface area contributed by atoms with Crippen molar-refractivity contribution in [2.75, 3.05) is 73.4 Å². The molecule has 46 heteroatoms. The molecule has 0 radical (unpaired) electrons. The van der Waals surface area contributed by atoms with Gasteiger partial charge in [0.2, 0.25) is 38.0 Å². The Morgan fingerprint density at radius 2 is 0.828 bits per heavy atom. The summed E-state index contributed by atoms with van der Waals surface area (Å²) in [7, 11) is 5.57. The monoisotopic (exact) mass is 2200 g/mol.